The largest absolute Gasteiger partial charge is 0.490 e. The molecule has 0 aliphatic carbocycles. The van der Waals surface area contributed by atoms with Crippen molar-refractivity contribution in [1.82, 2.24) is 0 Å². The Balaban J connectivity index is 3.17. The van der Waals surface area contributed by atoms with Crippen LogP contribution in [0.15, 0.2) is 30.9 Å². The van der Waals surface area contributed by atoms with Crippen LogP contribution >= 0.6 is 0 Å². The molecule has 0 bridgehead atoms. The molecule has 0 saturated heterocycles. The lowest BCUT2D eigenvalue weighted by Gasteiger charge is -2.08. The van der Waals surface area contributed by atoms with Crippen LogP contribution in [0, 0.1) is 10.1 Å². The fourth-order valence-electron chi connectivity index (χ4n) is 1.17. The fraction of sp³-hybridized carbons (Fsp3) is 0. The van der Waals surface area contributed by atoms with Gasteiger partial charge in [0.1, 0.15) is 0 Å². The van der Waals surface area contributed by atoms with Crippen LogP contribution in [0.3, 0.4) is 0 Å². The van der Waals surface area contributed by atoms with Crippen LogP contribution in [0.4, 0.5) is 11.4 Å². The highest BCUT2D eigenvalue weighted by atomic mass is 16.6. The average Bonchev–Trinajstić information content (AvgIpc) is 2.28. The molecular formula is C9H9BN2O5. The molecule has 88 valence electrons. The highest BCUT2D eigenvalue weighted by molar-refractivity contribution is 6.60. The average molecular weight is 236 g/mol. The SMILES string of the molecule is C=CC(=O)Nc1ccc([N+](=O)[O-])cc1B(O)O. The number of nitrogens with zero attached hydrogens (tertiary/aromatic N) is 1. The summed E-state index contributed by atoms with van der Waals surface area (Å²) in [7, 11) is -1.92. The van der Waals surface area contributed by atoms with E-state index in [1.165, 1.54) is 6.07 Å². The summed E-state index contributed by atoms with van der Waals surface area (Å²) in [6, 6.07) is 3.34. The van der Waals surface area contributed by atoms with E-state index in [0.717, 1.165) is 18.2 Å². The minimum absolute atomic E-state index is 0.0792. The van der Waals surface area contributed by atoms with Gasteiger partial charge in [-0.25, -0.2) is 0 Å². The summed E-state index contributed by atoms with van der Waals surface area (Å²) in [5.41, 5.74) is -0.380. The lowest BCUT2D eigenvalue weighted by molar-refractivity contribution is -0.384. The minimum atomic E-state index is -1.92. The minimum Gasteiger partial charge on any atom is -0.423 e. The lowest BCUT2D eigenvalue weighted by Crippen LogP contribution is -2.33. The summed E-state index contributed by atoms with van der Waals surface area (Å²) in [6.45, 7) is 3.23. The number of amides is 1. The van der Waals surface area contributed by atoms with E-state index in [0.29, 0.717) is 0 Å². The molecule has 0 aromatic heterocycles. The number of nitro benzene ring substituents is 1. The van der Waals surface area contributed by atoms with Gasteiger partial charge in [-0.3, -0.25) is 14.9 Å². The van der Waals surface area contributed by atoms with Crippen molar-refractivity contribution in [3.05, 3.63) is 41.0 Å². The third kappa shape index (κ3) is 3.13. The quantitative estimate of drug-likeness (QED) is 0.279. The smallest absolute Gasteiger partial charge is 0.423 e. The monoisotopic (exact) mass is 236 g/mol. The number of hydrogen-bond donors (Lipinski definition) is 3. The van der Waals surface area contributed by atoms with Gasteiger partial charge in [0, 0.05) is 23.3 Å². The van der Waals surface area contributed by atoms with Crippen LogP contribution in [0.25, 0.3) is 0 Å². The third-order valence-electron chi connectivity index (χ3n) is 1.97. The molecule has 1 aromatic carbocycles. The molecule has 0 spiro atoms. The standard InChI is InChI=1S/C9H9BN2O5/c1-2-9(13)11-8-4-3-6(12(16)17)5-7(8)10(14)15/h2-5,14-15H,1H2,(H,11,13). The van der Waals surface area contributed by atoms with Gasteiger partial charge in [-0.2, -0.15) is 0 Å². The predicted molar refractivity (Wildman–Crippen MR) is 61.7 cm³/mol. The van der Waals surface area contributed by atoms with Crippen LogP contribution in [0.2, 0.25) is 0 Å². The highest BCUT2D eigenvalue weighted by Gasteiger charge is 2.20. The highest BCUT2D eigenvalue weighted by Crippen LogP contribution is 2.14. The predicted octanol–water partition coefficient (Wildman–Crippen LogP) is -0.601. The number of non-ortho nitro benzene ring substituents is 1. The van der Waals surface area contributed by atoms with Crippen molar-refractivity contribution in [2.24, 2.45) is 0 Å². The van der Waals surface area contributed by atoms with Gasteiger partial charge in [0.2, 0.25) is 5.91 Å². The van der Waals surface area contributed by atoms with Crippen molar-refractivity contribution in [2.75, 3.05) is 5.32 Å². The van der Waals surface area contributed by atoms with Gasteiger partial charge >= 0.3 is 7.12 Å². The number of benzene rings is 1. The van der Waals surface area contributed by atoms with E-state index in [-0.39, 0.29) is 16.8 Å². The van der Waals surface area contributed by atoms with Gasteiger partial charge in [-0.1, -0.05) is 6.58 Å². The first-order valence-electron chi connectivity index (χ1n) is 4.53. The zero-order valence-electron chi connectivity index (χ0n) is 8.66. The summed E-state index contributed by atoms with van der Waals surface area (Å²) in [5.74, 6) is -0.555. The van der Waals surface area contributed by atoms with Crippen molar-refractivity contribution in [3.8, 4) is 0 Å². The Morgan fingerprint density at radius 2 is 2.18 bits per heavy atom. The van der Waals surface area contributed by atoms with E-state index in [4.69, 9.17) is 10.0 Å². The maximum atomic E-state index is 11.0. The van der Waals surface area contributed by atoms with Gasteiger partial charge in [-0.05, 0) is 12.1 Å². The molecule has 8 heteroatoms. The van der Waals surface area contributed by atoms with Crippen LogP contribution < -0.4 is 10.8 Å². The lowest BCUT2D eigenvalue weighted by atomic mass is 9.78. The molecular weight excluding hydrogens is 227 g/mol. The molecule has 3 N–H and O–H groups in total. The van der Waals surface area contributed by atoms with E-state index >= 15 is 0 Å². The van der Waals surface area contributed by atoms with E-state index in [1.54, 1.807) is 0 Å². The summed E-state index contributed by atoms with van der Waals surface area (Å²) in [6.07, 6.45) is 0.995. The topological polar surface area (TPSA) is 113 Å². The molecule has 0 aliphatic heterocycles. The molecule has 7 nitrogen and oxygen atoms in total. The second-order valence-corrected chi connectivity index (χ2v) is 3.10. The Labute approximate surface area is 96.7 Å². The van der Waals surface area contributed by atoms with E-state index in [1.807, 2.05) is 0 Å². The van der Waals surface area contributed by atoms with Crippen molar-refractivity contribution in [2.45, 2.75) is 0 Å². The number of nitro groups is 1. The Hall–Kier alpha value is -2.19. The van der Waals surface area contributed by atoms with Gasteiger partial charge in [0.15, 0.2) is 0 Å². The normalized spacial score (nSPS) is 9.53. The molecule has 17 heavy (non-hydrogen) atoms. The van der Waals surface area contributed by atoms with E-state index in [9.17, 15) is 14.9 Å². The molecule has 0 heterocycles. The fourth-order valence-corrected chi connectivity index (χ4v) is 1.17. The van der Waals surface area contributed by atoms with E-state index < -0.39 is 17.9 Å². The van der Waals surface area contributed by atoms with Crippen molar-refractivity contribution < 1.29 is 19.8 Å². The van der Waals surface area contributed by atoms with Crippen LogP contribution in [0.5, 0.6) is 0 Å². The van der Waals surface area contributed by atoms with Gasteiger partial charge in [-0.15, -0.1) is 0 Å². The first-order valence-corrected chi connectivity index (χ1v) is 4.53. The van der Waals surface area contributed by atoms with Crippen molar-refractivity contribution in [1.29, 1.82) is 0 Å². The van der Waals surface area contributed by atoms with Crippen LogP contribution in [-0.4, -0.2) is 28.0 Å². The van der Waals surface area contributed by atoms with Crippen LogP contribution in [0.1, 0.15) is 0 Å². The third-order valence-corrected chi connectivity index (χ3v) is 1.97. The second kappa shape index (κ2) is 5.24. The van der Waals surface area contributed by atoms with Crippen LogP contribution in [-0.2, 0) is 4.79 Å². The number of rotatable bonds is 4. The van der Waals surface area contributed by atoms with E-state index in [2.05, 4.69) is 11.9 Å². The van der Waals surface area contributed by atoms with Gasteiger partial charge in [0.25, 0.3) is 5.69 Å². The summed E-state index contributed by atoms with van der Waals surface area (Å²) < 4.78 is 0. The summed E-state index contributed by atoms with van der Waals surface area (Å²) in [5, 5.41) is 30.9. The molecule has 1 aromatic rings. The Morgan fingerprint density at radius 1 is 1.53 bits per heavy atom. The summed E-state index contributed by atoms with van der Waals surface area (Å²) in [4.78, 5) is 20.9. The Bertz CT molecular complexity index is 474. The zero-order chi connectivity index (χ0) is 13.0. The molecule has 0 saturated carbocycles. The summed E-state index contributed by atoms with van der Waals surface area (Å²) >= 11 is 0. The number of carbonyl (C=O) groups is 1. The first-order chi connectivity index (χ1) is 7.95. The number of anilines is 1. The van der Waals surface area contributed by atoms with Crippen molar-refractivity contribution in [3.63, 3.8) is 0 Å². The van der Waals surface area contributed by atoms with Gasteiger partial charge in [0.05, 0.1) is 4.92 Å². The Morgan fingerprint density at radius 3 is 2.65 bits per heavy atom. The second-order valence-electron chi connectivity index (χ2n) is 3.10. The Kier molecular flexibility index (Phi) is 3.97. The van der Waals surface area contributed by atoms with Crippen molar-refractivity contribution >= 4 is 29.9 Å². The molecule has 1 amide bonds. The zero-order valence-corrected chi connectivity index (χ0v) is 8.66. The maximum Gasteiger partial charge on any atom is 0.490 e. The maximum absolute atomic E-state index is 11.0. The molecule has 0 unspecified atom stereocenters. The van der Waals surface area contributed by atoms with Gasteiger partial charge < -0.3 is 15.4 Å². The number of carbonyl (C=O) groups excluding carboxylic acids is 1. The number of hydrogen-bond acceptors (Lipinski definition) is 5. The number of nitrogens with one attached hydrogen (secondary N) is 1. The molecule has 0 aliphatic rings. The molecule has 0 radical (unpaired) electrons. The first kappa shape index (κ1) is 12.9. The molecule has 0 fully saturated rings. The molecule has 1 rings (SSSR count). The molecule has 0 atom stereocenters.